The van der Waals surface area contributed by atoms with E-state index in [1.807, 2.05) is 14.7 Å². The van der Waals surface area contributed by atoms with E-state index >= 15 is 0 Å². The number of carbonyl (C=O) groups is 2. The molecule has 0 spiro atoms. The Morgan fingerprint density at radius 1 is 1.04 bits per heavy atom. The van der Waals surface area contributed by atoms with E-state index in [1.54, 1.807) is 19.1 Å². The zero-order valence-corrected chi connectivity index (χ0v) is 15.8. The number of hydrogen-bond acceptors (Lipinski definition) is 3. The number of rotatable bonds is 3. The topological polar surface area (TPSA) is 47.1 Å². The van der Waals surface area contributed by atoms with E-state index in [0.717, 1.165) is 57.7 Å². The van der Waals surface area contributed by atoms with Crippen LogP contribution in [-0.4, -0.2) is 82.9 Å². The number of urea groups is 1. The maximum atomic E-state index is 13.1. The fourth-order valence-corrected chi connectivity index (χ4v) is 4.62. The summed E-state index contributed by atoms with van der Waals surface area (Å²) in [7, 11) is 0. The molecule has 0 saturated carbocycles. The van der Waals surface area contributed by atoms with Gasteiger partial charge in [0.15, 0.2) is 0 Å². The van der Waals surface area contributed by atoms with Crippen molar-refractivity contribution >= 4 is 11.9 Å². The fraction of sp³-hybridized carbons (Fsp3) is 0.600. The van der Waals surface area contributed by atoms with Crippen LogP contribution in [0.15, 0.2) is 24.3 Å². The summed E-state index contributed by atoms with van der Waals surface area (Å²) in [6.45, 7) is 7.12. The van der Waals surface area contributed by atoms with Crippen LogP contribution in [0.2, 0.25) is 0 Å². The predicted octanol–water partition coefficient (Wildman–Crippen LogP) is 1.76. The number of benzene rings is 1. The molecule has 1 atom stereocenters. The van der Waals surface area contributed by atoms with Crippen LogP contribution in [-0.2, 0) is 11.3 Å². The van der Waals surface area contributed by atoms with E-state index in [0.29, 0.717) is 12.6 Å². The Bertz CT molecular complexity index is 702. The molecule has 1 aromatic carbocycles. The Kier molecular flexibility index (Phi) is 5.04. The van der Waals surface area contributed by atoms with Crippen molar-refractivity contribution < 1.29 is 14.0 Å². The van der Waals surface area contributed by atoms with Gasteiger partial charge in [0.25, 0.3) is 0 Å². The van der Waals surface area contributed by atoms with Crippen molar-refractivity contribution in [3.63, 3.8) is 0 Å². The first-order valence-corrected chi connectivity index (χ1v) is 9.81. The van der Waals surface area contributed by atoms with Gasteiger partial charge in [-0.25, -0.2) is 9.18 Å². The van der Waals surface area contributed by atoms with Gasteiger partial charge in [0, 0.05) is 58.8 Å². The first-order valence-electron chi connectivity index (χ1n) is 9.81. The van der Waals surface area contributed by atoms with E-state index in [1.165, 1.54) is 12.1 Å². The quantitative estimate of drug-likeness (QED) is 0.810. The van der Waals surface area contributed by atoms with Crippen LogP contribution in [0.4, 0.5) is 9.18 Å². The van der Waals surface area contributed by atoms with Crippen molar-refractivity contribution in [2.75, 3.05) is 39.3 Å². The van der Waals surface area contributed by atoms with Gasteiger partial charge < -0.3 is 14.7 Å². The lowest BCUT2D eigenvalue weighted by atomic mass is 10.0. The number of piperidine rings is 1. The highest BCUT2D eigenvalue weighted by atomic mass is 19.1. The summed E-state index contributed by atoms with van der Waals surface area (Å²) in [6.07, 6.45) is 2.03. The Hall–Kier alpha value is -2.15. The second-order valence-corrected chi connectivity index (χ2v) is 7.87. The third-order valence-electron chi connectivity index (χ3n) is 6.17. The van der Waals surface area contributed by atoms with E-state index in [4.69, 9.17) is 0 Å². The Labute approximate surface area is 159 Å². The summed E-state index contributed by atoms with van der Waals surface area (Å²) >= 11 is 0. The monoisotopic (exact) mass is 374 g/mol. The molecule has 27 heavy (non-hydrogen) atoms. The number of hydrogen-bond donors (Lipinski definition) is 0. The Morgan fingerprint density at radius 2 is 1.74 bits per heavy atom. The van der Waals surface area contributed by atoms with Crippen LogP contribution >= 0.6 is 0 Å². The fourth-order valence-electron chi connectivity index (χ4n) is 4.62. The number of amides is 3. The predicted molar refractivity (Wildman–Crippen MR) is 99.5 cm³/mol. The van der Waals surface area contributed by atoms with Crippen LogP contribution in [0.5, 0.6) is 0 Å². The molecule has 0 aliphatic carbocycles. The number of carbonyl (C=O) groups excluding carboxylic acids is 2. The second-order valence-electron chi connectivity index (χ2n) is 7.87. The zero-order chi connectivity index (χ0) is 19.0. The molecule has 0 N–H and O–H groups in total. The molecule has 3 amide bonds. The number of fused-ring (bicyclic) bond motifs is 1. The van der Waals surface area contributed by atoms with Crippen LogP contribution in [0.25, 0.3) is 0 Å². The van der Waals surface area contributed by atoms with Crippen molar-refractivity contribution in [3.05, 3.63) is 35.6 Å². The lowest BCUT2D eigenvalue weighted by Gasteiger charge is -2.43. The number of likely N-dealkylation sites (tertiary alicyclic amines) is 1. The van der Waals surface area contributed by atoms with Gasteiger partial charge in [-0.1, -0.05) is 12.1 Å². The van der Waals surface area contributed by atoms with Gasteiger partial charge in [-0.05, 0) is 30.5 Å². The van der Waals surface area contributed by atoms with Gasteiger partial charge in [0.1, 0.15) is 5.82 Å². The van der Waals surface area contributed by atoms with E-state index < -0.39 is 0 Å². The summed E-state index contributed by atoms with van der Waals surface area (Å²) < 4.78 is 13.1. The van der Waals surface area contributed by atoms with Gasteiger partial charge in [0.05, 0.1) is 6.04 Å². The van der Waals surface area contributed by atoms with Crippen molar-refractivity contribution in [1.82, 2.24) is 19.6 Å². The number of nitrogens with zero attached hydrogens (tertiary/aromatic N) is 4. The number of halogens is 1. The molecular weight excluding hydrogens is 347 g/mol. The van der Waals surface area contributed by atoms with Gasteiger partial charge in [-0.2, -0.15) is 0 Å². The van der Waals surface area contributed by atoms with Crippen molar-refractivity contribution in [2.24, 2.45) is 0 Å². The smallest absolute Gasteiger partial charge is 0.320 e. The maximum Gasteiger partial charge on any atom is 0.320 e. The van der Waals surface area contributed by atoms with Gasteiger partial charge in [-0.15, -0.1) is 0 Å². The molecule has 1 aromatic rings. The molecule has 6 nitrogen and oxygen atoms in total. The van der Waals surface area contributed by atoms with Crippen LogP contribution < -0.4 is 0 Å². The van der Waals surface area contributed by atoms with E-state index in [9.17, 15) is 14.0 Å². The molecule has 0 radical (unpaired) electrons. The Morgan fingerprint density at radius 3 is 2.41 bits per heavy atom. The molecule has 0 bridgehead atoms. The highest BCUT2D eigenvalue weighted by Crippen LogP contribution is 2.26. The van der Waals surface area contributed by atoms with Crippen molar-refractivity contribution in [2.45, 2.75) is 38.4 Å². The SMILES string of the molecule is CC(=O)N1CCC(N2CCN3C(=O)N(Cc4ccc(F)cc4)C[C@H]3C2)CC1. The van der Waals surface area contributed by atoms with E-state index in [2.05, 4.69) is 4.90 Å². The molecule has 0 aromatic heterocycles. The molecule has 3 aliphatic rings. The largest absolute Gasteiger partial charge is 0.343 e. The summed E-state index contributed by atoms with van der Waals surface area (Å²) in [6, 6.07) is 7.19. The molecule has 3 saturated heterocycles. The average molecular weight is 374 g/mol. The summed E-state index contributed by atoms with van der Waals surface area (Å²) in [4.78, 5) is 32.5. The summed E-state index contributed by atoms with van der Waals surface area (Å²) in [5.74, 6) is -0.0912. The molecular formula is C20H27FN4O2. The van der Waals surface area contributed by atoms with Gasteiger partial charge in [0.2, 0.25) is 5.91 Å². The van der Waals surface area contributed by atoms with Crippen LogP contribution in [0.3, 0.4) is 0 Å². The first kappa shape index (κ1) is 18.2. The minimum Gasteiger partial charge on any atom is -0.343 e. The zero-order valence-electron chi connectivity index (χ0n) is 15.8. The van der Waals surface area contributed by atoms with Crippen LogP contribution in [0, 0.1) is 5.82 Å². The molecule has 7 heteroatoms. The van der Waals surface area contributed by atoms with Crippen molar-refractivity contribution in [1.29, 1.82) is 0 Å². The second kappa shape index (κ2) is 7.46. The third-order valence-corrected chi connectivity index (χ3v) is 6.17. The average Bonchev–Trinajstić information content (AvgIpc) is 2.98. The summed E-state index contributed by atoms with van der Waals surface area (Å²) in [5, 5.41) is 0. The lowest BCUT2D eigenvalue weighted by molar-refractivity contribution is -0.130. The minimum absolute atomic E-state index is 0.0929. The number of piperazine rings is 1. The molecule has 3 aliphatic heterocycles. The molecule has 4 rings (SSSR count). The summed E-state index contributed by atoms with van der Waals surface area (Å²) in [5.41, 5.74) is 0.957. The van der Waals surface area contributed by atoms with Gasteiger partial charge >= 0.3 is 6.03 Å². The highest BCUT2D eigenvalue weighted by molar-refractivity contribution is 5.77. The highest BCUT2D eigenvalue weighted by Gasteiger charge is 2.42. The first-order chi connectivity index (χ1) is 13.0. The lowest BCUT2D eigenvalue weighted by Crippen LogP contribution is -2.57. The molecule has 3 fully saturated rings. The van der Waals surface area contributed by atoms with E-state index in [-0.39, 0.29) is 23.8 Å². The normalized spacial score (nSPS) is 24.4. The Balaban J connectivity index is 1.34. The maximum absolute atomic E-state index is 13.1. The van der Waals surface area contributed by atoms with Gasteiger partial charge in [-0.3, -0.25) is 9.69 Å². The molecule has 3 heterocycles. The minimum atomic E-state index is -0.254. The molecule has 0 unspecified atom stereocenters. The van der Waals surface area contributed by atoms with Crippen molar-refractivity contribution in [3.8, 4) is 0 Å². The molecule has 146 valence electrons. The van der Waals surface area contributed by atoms with Crippen LogP contribution in [0.1, 0.15) is 25.3 Å². The standard InChI is InChI=1S/C20H27FN4O2/c1-15(26)22-8-6-18(7-9-22)23-10-11-25-19(13-23)14-24(20(25)27)12-16-2-4-17(21)5-3-16/h2-5,18-19H,6-14H2,1H3/t19-/m1/s1. The third kappa shape index (κ3) is 3.78.